The molecule has 5 heteroatoms. The third-order valence-corrected chi connectivity index (χ3v) is 4.12. The molecule has 0 aromatic heterocycles. The van der Waals surface area contributed by atoms with Crippen molar-refractivity contribution in [2.24, 2.45) is 0 Å². The summed E-state index contributed by atoms with van der Waals surface area (Å²) in [5, 5.41) is 9.54. The van der Waals surface area contributed by atoms with Gasteiger partial charge in [-0.25, -0.2) is 4.39 Å². The van der Waals surface area contributed by atoms with Gasteiger partial charge in [0.2, 0.25) is 0 Å². The van der Waals surface area contributed by atoms with Crippen molar-refractivity contribution in [1.82, 2.24) is 0 Å². The number of alkyl halides is 1. The van der Waals surface area contributed by atoms with Crippen LogP contribution < -0.4 is 9.47 Å². The van der Waals surface area contributed by atoms with E-state index in [1.165, 1.54) is 21.1 Å². The fourth-order valence-electron chi connectivity index (χ4n) is 2.77. The van der Waals surface area contributed by atoms with E-state index in [9.17, 15) is 14.3 Å². The molecule has 1 fully saturated rings. The zero-order valence-corrected chi connectivity index (χ0v) is 11.9. The number of methoxy groups -OCH3 is 2. The zero-order valence-electron chi connectivity index (χ0n) is 11.9. The van der Waals surface area contributed by atoms with E-state index in [2.05, 4.69) is 0 Å². The van der Waals surface area contributed by atoms with E-state index in [-0.39, 0.29) is 0 Å². The van der Waals surface area contributed by atoms with E-state index in [4.69, 9.17) is 9.47 Å². The lowest BCUT2D eigenvalue weighted by Gasteiger charge is -2.39. The number of rotatable bonds is 5. The number of carbonyl (C=O) groups is 1. The van der Waals surface area contributed by atoms with Crippen LogP contribution in [0.15, 0.2) is 12.1 Å². The van der Waals surface area contributed by atoms with Crippen LogP contribution in [0, 0.1) is 0 Å². The smallest absolute Gasteiger partial charge is 0.314 e. The van der Waals surface area contributed by atoms with Gasteiger partial charge in [-0.05, 0) is 43.0 Å². The molecule has 1 aliphatic carbocycles. The van der Waals surface area contributed by atoms with Crippen molar-refractivity contribution in [3.8, 4) is 11.5 Å². The minimum absolute atomic E-state index is 0.366. The fourth-order valence-corrected chi connectivity index (χ4v) is 2.77. The van der Waals surface area contributed by atoms with Crippen LogP contribution in [-0.2, 0) is 10.2 Å². The first-order valence-electron chi connectivity index (χ1n) is 6.60. The SMILES string of the molecule is COc1cc(C(C)F)c(C2(C(=O)O)CCC2)cc1OC. The topological polar surface area (TPSA) is 55.8 Å². The van der Waals surface area contributed by atoms with Crippen LogP contribution in [0.5, 0.6) is 11.5 Å². The molecule has 0 amide bonds. The maximum atomic E-state index is 13.9. The van der Waals surface area contributed by atoms with E-state index in [1.54, 1.807) is 12.1 Å². The molecule has 1 aromatic carbocycles. The Bertz CT molecular complexity index is 521. The molecule has 110 valence electrons. The van der Waals surface area contributed by atoms with Gasteiger partial charge in [0.1, 0.15) is 6.17 Å². The molecule has 1 unspecified atom stereocenters. The summed E-state index contributed by atoms with van der Waals surface area (Å²) in [6.45, 7) is 1.40. The van der Waals surface area contributed by atoms with Gasteiger partial charge in [0.15, 0.2) is 11.5 Å². The van der Waals surface area contributed by atoms with Gasteiger partial charge in [-0.1, -0.05) is 6.42 Å². The summed E-state index contributed by atoms with van der Waals surface area (Å²) in [6, 6.07) is 3.15. The largest absolute Gasteiger partial charge is 0.493 e. The lowest BCUT2D eigenvalue weighted by molar-refractivity contribution is -0.147. The van der Waals surface area contributed by atoms with Crippen LogP contribution in [-0.4, -0.2) is 25.3 Å². The maximum absolute atomic E-state index is 13.9. The summed E-state index contributed by atoms with van der Waals surface area (Å²) < 4.78 is 24.3. The van der Waals surface area contributed by atoms with E-state index in [0.29, 0.717) is 35.5 Å². The van der Waals surface area contributed by atoms with Crippen molar-refractivity contribution in [1.29, 1.82) is 0 Å². The highest BCUT2D eigenvalue weighted by Gasteiger charge is 2.48. The highest BCUT2D eigenvalue weighted by molar-refractivity contribution is 5.83. The van der Waals surface area contributed by atoms with Gasteiger partial charge in [-0.15, -0.1) is 0 Å². The lowest BCUT2D eigenvalue weighted by Crippen LogP contribution is -2.43. The van der Waals surface area contributed by atoms with Crippen molar-refractivity contribution >= 4 is 5.97 Å². The van der Waals surface area contributed by atoms with Gasteiger partial charge in [-0.3, -0.25) is 4.79 Å². The Kier molecular flexibility index (Phi) is 3.88. The molecule has 0 heterocycles. The van der Waals surface area contributed by atoms with E-state index >= 15 is 0 Å². The van der Waals surface area contributed by atoms with Crippen LogP contribution in [0.1, 0.15) is 43.5 Å². The van der Waals surface area contributed by atoms with Crippen molar-refractivity contribution in [3.63, 3.8) is 0 Å². The average molecular weight is 282 g/mol. The van der Waals surface area contributed by atoms with E-state index in [0.717, 1.165) is 6.42 Å². The highest BCUT2D eigenvalue weighted by atomic mass is 19.1. The number of benzene rings is 1. The highest BCUT2D eigenvalue weighted by Crippen LogP contribution is 2.49. The quantitative estimate of drug-likeness (QED) is 0.900. The summed E-state index contributed by atoms with van der Waals surface area (Å²) in [7, 11) is 2.95. The van der Waals surface area contributed by atoms with Crippen molar-refractivity contribution in [2.75, 3.05) is 14.2 Å². The van der Waals surface area contributed by atoms with Crippen molar-refractivity contribution in [3.05, 3.63) is 23.3 Å². The van der Waals surface area contributed by atoms with Crippen molar-refractivity contribution < 1.29 is 23.8 Å². The first-order valence-corrected chi connectivity index (χ1v) is 6.60. The number of hydrogen-bond acceptors (Lipinski definition) is 3. The minimum Gasteiger partial charge on any atom is -0.493 e. The molecular weight excluding hydrogens is 263 g/mol. The molecule has 1 atom stereocenters. The molecule has 2 rings (SSSR count). The summed E-state index contributed by atoms with van der Waals surface area (Å²) in [5.41, 5.74) is -0.122. The Labute approximate surface area is 117 Å². The predicted molar refractivity (Wildman–Crippen MR) is 72.2 cm³/mol. The zero-order chi connectivity index (χ0) is 14.9. The Balaban J connectivity index is 2.64. The number of carboxylic acids is 1. The van der Waals surface area contributed by atoms with Crippen LogP contribution in [0.25, 0.3) is 0 Å². The Morgan fingerprint density at radius 3 is 2.20 bits per heavy atom. The molecule has 0 aliphatic heterocycles. The molecule has 4 nitrogen and oxygen atoms in total. The maximum Gasteiger partial charge on any atom is 0.314 e. The Hall–Kier alpha value is -1.78. The van der Waals surface area contributed by atoms with Crippen LogP contribution >= 0.6 is 0 Å². The molecule has 1 N–H and O–H groups in total. The van der Waals surface area contributed by atoms with Crippen molar-refractivity contribution in [2.45, 2.75) is 37.8 Å². The number of hydrogen-bond donors (Lipinski definition) is 1. The van der Waals surface area contributed by atoms with Gasteiger partial charge >= 0.3 is 5.97 Å². The van der Waals surface area contributed by atoms with Gasteiger partial charge in [0.05, 0.1) is 19.6 Å². The molecule has 0 bridgehead atoms. The molecule has 0 saturated heterocycles. The van der Waals surface area contributed by atoms with E-state index in [1.807, 2.05) is 0 Å². The first-order chi connectivity index (χ1) is 9.46. The second-order valence-electron chi connectivity index (χ2n) is 5.15. The molecular formula is C15H19FO4. The molecule has 1 aromatic rings. The predicted octanol–water partition coefficient (Wildman–Crippen LogP) is 3.24. The molecule has 1 aliphatic rings. The lowest BCUT2D eigenvalue weighted by atomic mass is 9.63. The van der Waals surface area contributed by atoms with Gasteiger partial charge in [0, 0.05) is 0 Å². The molecule has 20 heavy (non-hydrogen) atoms. The third-order valence-electron chi connectivity index (χ3n) is 4.12. The number of carboxylic acid groups (broad SMARTS) is 1. The van der Waals surface area contributed by atoms with Gasteiger partial charge < -0.3 is 14.6 Å². The second-order valence-corrected chi connectivity index (χ2v) is 5.15. The molecule has 0 spiro atoms. The Morgan fingerprint density at radius 1 is 1.30 bits per heavy atom. The van der Waals surface area contributed by atoms with Crippen LogP contribution in [0.2, 0.25) is 0 Å². The number of halogens is 1. The van der Waals surface area contributed by atoms with Gasteiger partial charge in [0.25, 0.3) is 0 Å². The normalized spacial score (nSPS) is 18.0. The third kappa shape index (κ3) is 2.11. The standard InChI is InChI=1S/C15H19FO4/c1-9(16)10-7-12(19-2)13(20-3)8-11(10)15(14(17)18)5-4-6-15/h7-9H,4-6H2,1-3H3,(H,17,18). The fraction of sp³-hybridized carbons (Fsp3) is 0.533. The van der Waals surface area contributed by atoms with Crippen LogP contribution in [0.3, 0.4) is 0 Å². The molecule has 1 saturated carbocycles. The van der Waals surface area contributed by atoms with E-state index < -0.39 is 17.6 Å². The Morgan fingerprint density at radius 2 is 1.85 bits per heavy atom. The summed E-state index contributed by atoms with van der Waals surface area (Å²) >= 11 is 0. The summed E-state index contributed by atoms with van der Waals surface area (Å²) in [5.74, 6) is -0.0621. The summed E-state index contributed by atoms with van der Waals surface area (Å²) in [6.07, 6.45) is 0.622. The number of ether oxygens (including phenoxy) is 2. The number of aliphatic carboxylic acids is 1. The summed E-state index contributed by atoms with van der Waals surface area (Å²) in [4.78, 5) is 11.6. The average Bonchev–Trinajstić information content (AvgIpc) is 2.35. The van der Waals surface area contributed by atoms with Crippen LogP contribution in [0.4, 0.5) is 4.39 Å². The monoisotopic (exact) mass is 282 g/mol. The first kappa shape index (κ1) is 14.6. The minimum atomic E-state index is -1.26. The van der Waals surface area contributed by atoms with Gasteiger partial charge in [-0.2, -0.15) is 0 Å². The molecule has 0 radical (unpaired) electrons. The second kappa shape index (κ2) is 5.31.